The Labute approximate surface area is 163 Å². The Hall–Kier alpha value is -2.68. The molecule has 10 heteroatoms. The van der Waals surface area contributed by atoms with Gasteiger partial charge in [-0.15, -0.1) is 5.10 Å². The first-order valence-electron chi connectivity index (χ1n) is 7.46. The van der Waals surface area contributed by atoms with E-state index in [1.807, 2.05) is 18.2 Å². The predicted octanol–water partition coefficient (Wildman–Crippen LogP) is 4.07. The number of nitrogens with two attached hydrogens (primary N) is 1. The van der Waals surface area contributed by atoms with E-state index in [1.165, 1.54) is 4.68 Å². The van der Waals surface area contributed by atoms with Crippen molar-refractivity contribution in [1.29, 1.82) is 0 Å². The third kappa shape index (κ3) is 2.78. The second-order valence-electron chi connectivity index (χ2n) is 5.35. The zero-order valence-corrected chi connectivity index (χ0v) is 15.4. The average Bonchev–Trinajstić information content (AvgIpc) is 3.19. The number of aromatic amines is 1. The minimum Gasteiger partial charge on any atom is -0.382 e. The van der Waals surface area contributed by atoms with Crippen molar-refractivity contribution in [3.63, 3.8) is 0 Å². The minimum atomic E-state index is 0.314. The molecule has 0 aliphatic rings. The van der Waals surface area contributed by atoms with Crippen LogP contribution in [0.15, 0.2) is 48.5 Å². The Bertz CT molecular complexity index is 1140. The number of halogens is 2. The van der Waals surface area contributed by atoms with Crippen LogP contribution in [0.4, 0.5) is 5.82 Å². The lowest BCUT2D eigenvalue weighted by molar-refractivity contribution is 0.809. The zero-order chi connectivity index (χ0) is 18.3. The summed E-state index contributed by atoms with van der Waals surface area (Å²) in [5.74, 6) is 0.732. The molecule has 2 aromatic heterocycles. The van der Waals surface area contributed by atoms with Crippen LogP contribution >= 0.6 is 35.4 Å². The normalized spacial score (nSPS) is 11.0. The van der Waals surface area contributed by atoms with E-state index in [-0.39, 0.29) is 0 Å². The molecule has 0 bridgehead atoms. The van der Waals surface area contributed by atoms with Crippen LogP contribution in [0.3, 0.4) is 0 Å². The number of hydrogen-bond donors (Lipinski definition) is 2. The van der Waals surface area contributed by atoms with Crippen LogP contribution in [0.1, 0.15) is 0 Å². The first-order valence-corrected chi connectivity index (χ1v) is 8.62. The first-order chi connectivity index (χ1) is 12.6. The fourth-order valence-corrected chi connectivity index (χ4v) is 3.11. The van der Waals surface area contributed by atoms with Crippen LogP contribution in [0.25, 0.3) is 22.9 Å². The SMILES string of the molecule is Nc1c(-c2n[nH]c(=S)n2-c2ccccc2Cl)nnn1-c1ccc(Cl)cc1. The molecule has 0 aliphatic heterocycles. The molecule has 0 saturated heterocycles. The van der Waals surface area contributed by atoms with E-state index in [4.69, 9.17) is 41.2 Å². The van der Waals surface area contributed by atoms with Crippen molar-refractivity contribution in [3.05, 3.63) is 63.3 Å². The van der Waals surface area contributed by atoms with E-state index < -0.39 is 0 Å². The van der Waals surface area contributed by atoms with Crippen LogP contribution in [0.2, 0.25) is 10.0 Å². The topological polar surface area (TPSA) is 90.3 Å². The number of H-pyrrole nitrogens is 1. The summed E-state index contributed by atoms with van der Waals surface area (Å²) in [6.07, 6.45) is 0. The Morgan fingerprint density at radius 2 is 1.77 bits per heavy atom. The molecular formula is C16H11Cl2N7S. The molecular weight excluding hydrogens is 393 g/mol. The number of hydrogen-bond acceptors (Lipinski definition) is 5. The van der Waals surface area contributed by atoms with Crippen LogP contribution in [-0.4, -0.2) is 29.8 Å². The summed E-state index contributed by atoms with van der Waals surface area (Å²) in [5, 5.41) is 16.4. The highest BCUT2D eigenvalue weighted by molar-refractivity contribution is 7.71. The second kappa shape index (κ2) is 6.56. The van der Waals surface area contributed by atoms with Crippen molar-refractivity contribution in [3.8, 4) is 22.9 Å². The fraction of sp³-hybridized carbons (Fsp3) is 0. The van der Waals surface area contributed by atoms with Crippen molar-refractivity contribution in [2.24, 2.45) is 0 Å². The van der Waals surface area contributed by atoms with Gasteiger partial charge in [-0.1, -0.05) is 40.5 Å². The van der Waals surface area contributed by atoms with E-state index in [2.05, 4.69) is 20.5 Å². The monoisotopic (exact) mass is 403 g/mol. The smallest absolute Gasteiger partial charge is 0.200 e. The molecule has 0 saturated carbocycles. The molecule has 0 unspecified atom stereocenters. The van der Waals surface area contributed by atoms with Gasteiger partial charge in [-0.25, -0.2) is 0 Å². The van der Waals surface area contributed by atoms with Gasteiger partial charge in [-0.2, -0.15) is 9.78 Å². The average molecular weight is 404 g/mol. The summed E-state index contributed by atoms with van der Waals surface area (Å²) in [4.78, 5) is 0. The molecule has 2 aromatic carbocycles. The van der Waals surface area contributed by atoms with Crippen molar-refractivity contribution < 1.29 is 0 Å². The fourth-order valence-electron chi connectivity index (χ4n) is 2.53. The largest absolute Gasteiger partial charge is 0.382 e. The molecule has 4 rings (SSSR count). The number of anilines is 1. The zero-order valence-electron chi connectivity index (χ0n) is 13.1. The third-order valence-electron chi connectivity index (χ3n) is 3.75. The standard InChI is InChI=1S/C16H11Cl2N7S/c17-9-5-7-10(8-6-9)25-14(19)13(20-23-25)15-21-22-16(26)24(15)12-4-2-1-3-11(12)18/h1-8H,19H2,(H,22,26). The van der Waals surface area contributed by atoms with Crippen molar-refractivity contribution in [1.82, 2.24) is 29.8 Å². The van der Waals surface area contributed by atoms with Crippen LogP contribution < -0.4 is 5.73 Å². The first kappa shape index (κ1) is 16.8. The number of benzene rings is 2. The van der Waals surface area contributed by atoms with E-state index in [9.17, 15) is 0 Å². The summed E-state index contributed by atoms with van der Waals surface area (Å²) < 4.78 is 3.54. The lowest BCUT2D eigenvalue weighted by Gasteiger charge is -2.08. The molecule has 130 valence electrons. The minimum absolute atomic E-state index is 0.314. The van der Waals surface area contributed by atoms with Gasteiger partial charge in [-0.3, -0.25) is 9.67 Å². The molecule has 0 radical (unpaired) electrons. The van der Waals surface area contributed by atoms with E-state index >= 15 is 0 Å². The van der Waals surface area contributed by atoms with Gasteiger partial charge in [-0.05, 0) is 48.6 Å². The van der Waals surface area contributed by atoms with Crippen molar-refractivity contribution >= 4 is 41.2 Å². The number of nitrogen functional groups attached to an aromatic ring is 1. The number of rotatable bonds is 3. The Morgan fingerprint density at radius 1 is 1.04 bits per heavy atom. The lowest BCUT2D eigenvalue weighted by Crippen LogP contribution is -2.04. The lowest BCUT2D eigenvalue weighted by atomic mass is 10.3. The molecule has 26 heavy (non-hydrogen) atoms. The van der Waals surface area contributed by atoms with Crippen molar-refractivity contribution in [2.45, 2.75) is 0 Å². The predicted molar refractivity (Wildman–Crippen MR) is 104 cm³/mol. The summed E-state index contributed by atoms with van der Waals surface area (Å²) >= 11 is 17.6. The van der Waals surface area contributed by atoms with Crippen LogP contribution in [0.5, 0.6) is 0 Å². The van der Waals surface area contributed by atoms with Gasteiger partial charge in [0, 0.05) is 5.02 Å². The molecule has 0 spiro atoms. The van der Waals surface area contributed by atoms with E-state index in [0.29, 0.717) is 37.8 Å². The number of aromatic nitrogens is 6. The molecule has 0 aliphatic carbocycles. The van der Waals surface area contributed by atoms with Crippen LogP contribution in [0, 0.1) is 4.77 Å². The van der Waals surface area contributed by atoms with Gasteiger partial charge in [0.15, 0.2) is 22.1 Å². The van der Waals surface area contributed by atoms with Gasteiger partial charge in [0.2, 0.25) is 0 Å². The van der Waals surface area contributed by atoms with Gasteiger partial charge in [0.05, 0.1) is 16.4 Å². The van der Waals surface area contributed by atoms with Gasteiger partial charge < -0.3 is 5.73 Å². The number of para-hydroxylation sites is 1. The van der Waals surface area contributed by atoms with Gasteiger partial charge in [0.1, 0.15) is 0 Å². The Balaban J connectivity index is 1.87. The van der Waals surface area contributed by atoms with Crippen LogP contribution in [-0.2, 0) is 0 Å². The maximum atomic E-state index is 6.31. The molecule has 2 heterocycles. The van der Waals surface area contributed by atoms with Gasteiger partial charge in [0.25, 0.3) is 0 Å². The third-order valence-corrected chi connectivity index (χ3v) is 4.60. The highest BCUT2D eigenvalue weighted by atomic mass is 35.5. The van der Waals surface area contributed by atoms with Gasteiger partial charge >= 0.3 is 0 Å². The summed E-state index contributed by atoms with van der Waals surface area (Å²) in [6.45, 7) is 0. The number of nitrogens with zero attached hydrogens (tertiary/aromatic N) is 5. The molecule has 0 fully saturated rings. The summed E-state index contributed by atoms with van der Waals surface area (Å²) in [6, 6.07) is 14.4. The van der Waals surface area contributed by atoms with E-state index in [1.54, 1.807) is 34.9 Å². The molecule has 7 nitrogen and oxygen atoms in total. The maximum absolute atomic E-state index is 6.31. The number of nitrogens with one attached hydrogen (secondary N) is 1. The Morgan fingerprint density at radius 3 is 2.50 bits per heavy atom. The molecule has 0 atom stereocenters. The summed E-state index contributed by atoms with van der Waals surface area (Å²) in [5.41, 5.74) is 8.05. The highest BCUT2D eigenvalue weighted by Gasteiger charge is 2.20. The summed E-state index contributed by atoms with van der Waals surface area (Å²) in [7, 11) is 0. The van der Waals surface area contributed by atoms with E-state index in [0.717, 1.165) is 5.69 Å². The maximum Gasteiger partial charge on any atom is 0.200 e. The molecule has 4 aromatic rings. The Kier molecular flexibility index (Phi) is 4.23. The molecule has 3 N–H and O–H groups in total. The van der Waals surface area contributed by atoms with Crippen molar-refractivity contribution in [2.75, 3.05) is 5.73 Å². The molecule has 0 amide bonds. The second-order valence-corrected chi connectivity index (χ2v) is 6.58. The highest BCUT2D eigenvalue weighted by Crippen LogP contribution is 2.29. The quantitative estimate of drug-likeness (QED) is 0.503.